The van der Waals surface area contributed by atoms with Crippen LogP contribution in [0.15, 0.2) is 57.8 Å². The molecule has 2 heterocycles. The summed E-state index contributed by atoms with van der Waals surface area (Å²) in [6.07, 6.45) is 2.29. The Balaban J connectivity index is 1.59. The molecule has 2 aromatic carbocycles. The van der Waals surface area contributed by atoms with Gasteiger partial charge in [-0.15, -0.1) is 10.2 Å². The van der Waals surface area contributed by atoms with Gasteiger partial charge in [-0.05, 0) is 36.7 Å². The minimum atomic E-state index is -0.466. The maximum Gasteiger partial charge on any atom is 0.284 e. The van der Waals surface area contributed by atoms with Crippen LogP contribution in [0.5, 0.6) is 0 Å². The summed E-state index contributed by atoms with van der Waals surface area (Å²) in [5, 5.41) is 20.8. The number of nitro groups is 1. The van der Waals surface area contributed by atoms with E-state index in [1.165, 1.54) is 29.2 Å². The van der Waals surface area contributed by atoms with Gasteiger partial charge in [0.05, 0.1) is 9.82 Å². The molecule has 142 valence electrons. The predicted molar refractivity (Wildman–Crippen MR) is 108 cm³/mol. The van der Waals surface area contributed by atoms with Gasteiger partial charge in [-0.3, -0.25) is 14.9 Å². The molecule has 0 saturated carbocycles. The monoisotopic (exact) mass is 412 g/mol. The quantitative estimate of drug-likeness (QED) is 0.336. The lowest BCUT2D eigenvalue weighted by molar-refractivity contribution is -0.387. The third kappa shape index (κ3) is 3.90. The minimum absolute atomic E-state index is 0.107. The zero-order valence-electron chi connectivity index (χ0n) is 14.8. The lowest BCUT2D eigenvalue weighted by Gasteiger charge is -2.10. The minimum Gasteiger partial charge on any atom is -0.347 e. The summed E-state index contributed by atoms with van der Waals surface area (Å²) in [6, 6.07) is 13.3. The number of hydrogen-bond donors (Lipinski definition) is 0. The van der Waals surface area contributed by atoms with Crippen molar-refractivity contribution in [3.63, 3.8) is 0 Å². The number of ketones is 1. The molecule has 1 aliphatic rings. The van der Waals surface area contributed by atoms with Crippen LogP contribution in [0.4, 0.5) is 10.8 Å². The average molecular weight is 412 g/mol. The van der Waals surface area contributed by atoms with Gasteiger partial charge >= 0.3 is 0 Å². The Bertz CT molecular complexity index is 1020. The van der Waals surface area contributed by atoms with Gasteiger partial charge in [0.2, 0.25) is 5.13 Å². The number of nitrogens with zero attached hydrogens (tertiary/aromatic N) is 4. The van der Waals surface area contributed by atoms with Gasteiger partial charge in [0.1, 0.15) is 0 Å². The molecule has 0 N–H and O–H groups in total. The molecular formula is C19H16N4O3S2. The Kier molecular flexibility index (Phi) is 5.36. The molecule has 1 saturated heterocycles. The van der Waals surface area contributed by atoms with E-state index in [2.05, 4.69) is 15.1 Å². The van der Waals surface area contributed by atoms with Crippen LogP contribution in [0.3, 0.4) is 0 Å². The highest BCUT2D eigenvalue weighted by Gasteiger charge is 2.22. The molecule has 1 aromatic heterocycles. The van der Waals surface area contributed by atoms with E-state index < -0.39 is 4.92 Å². The van der Waals surface area contributed by atoms with Crippen LogP contribution in [0.1, 0.15) is 28.8 Å². The molecule has 0 bridgehead atoms. The zero-order chi connectivity index (χ0) is 19.5. The maximum absolute atomic E-state index is 12.6. The highest BCUT2D eigenvalue weighted by atomic mass is 32.2. The molecule has 9 heteroatoms. The van der Waals surface area contributed by atoms with E-state index in [-0.39, 0.29) is 17.0 Å². The molecule has 4 rings (SSSR count). The van der Waals surface area contributed by atoms with E-state index in [0.717, 1.165) is 31.1 Å². The van der Waals surface area contributed by atoms with Crippen molar-refractivity contribution in [1.29, 1.82) is 0 Å². The molecule has 1 fully saturated rings. The van der Waals surface area contributed by atoms with Gasteiger partial charge < -0.3 is 4.90 Å². The topological polar surface area (TPSA) is 89.2 Å². The SMILES string of the molecule is O=C(c1ccccc1)c1ccc(Sc2nnc(N3CCCC3)s2)c([N+](=O)[O-])c1. The summed E-state index contributed by atoms with van der Waals surface area (Å²) < 4.78 is 0.645. The fourth-order valence-electron chi connectivity index (χ4n) is 3.02. The van der Waals surface area contributed by atoms with Crippen LogP contribution >= 0.6 is 23.1 Å². The predicted octanol–water partition coefficient (Wildman–Crippen LogP) is 4.43. The van der Waals surface area contributed by atoms with E-state index in [1.807, 2.05) is 6.07 Å². The first-order valence-corrected chi connectivity index (χ1v) is 10.4. The molecule has 0 radical (unpaired) electrons. The van der Waals surface area contributed by atoms with Gasteiger partial charge in [-0.25, -0.2) is 0 Å². The van der Waals surface area contributed by atoms with E-state index >= 15 is 0 Å². The Hall–Kier alpha value is -2.78. The van der Waals surface area contributed by atoms with Crippen molar-refractivity contribution in [3.05, 3.63) is 69.8 Å². The molecular weight excluding hydrogens is 396 g/mol. The summed E-state index contributed by atoms with van der Waals surface area (Å²) >= 11 is 2.63. The summed E-state index contributed by atoms with van der Waals surface area (Å²) in [7, 11) is 0. The van der Waals surface area contributed by atoms with Crippen molar-refractivity contribution >= 4 is 39.7 Å². The van der Waals surface area contributed by atoms with Crippen molar-refractivity contribution in [2.45, 2.75) is 22.1 Å². The van der Waals surface area contributed by atoms with Crippen LogP contribution in [0.2, 0.25) is 0 Å². The average Bonchev–Trinajstić information content (AvgIpc) is 3.40. The molecule has 28 heavy (non-hydrogen) atoms. The van der Waals surface area contributed by atoms with E-state index in [0.29, 0.717) is 14.8 Å². The second-order valence-electron chi connectivity index (χ2n) is 6.28. The molecule has 7 nitrogen and oxygen atoms in total. The molecule has 0 unspecified atom stereocenters. The maximum atomic E-state index is 12.6. The summed E-state index contributed by atoms with van der Waals surface area (Å²) in [5.41, 5.74) is 0.679. The summed E-state index contributed by atoms with van der Waals surface area (Å²) in [6.45, 7) is 1.94. The molecule has 0 atom stereocenters. The Morgan fingerprint density at radius 1 is 1.07 bits per heavy atom. The Morgan fingerprint density at radius 3 is 2.54 bits per heavy atom. The van der Waals surface area contributed by atoms with Crippen molar-refractivity contribution in [2.24, 2.45) is 0 Å². The highest BCUT2D eigenvalue weighted by molar-refractivity contribution is 8.01. The number of benzene rings is 2. The molecule has 0 spiro atoms. The van der Waals surface area contributed by atoms with Crippen molar-refractivity contribution < 1.29 is 9.72 Å². The smallest absolute Gasteiger partial charge is 0.284 e. The van der Waals surface area contributed by atoms with Crippen LogP contribution in [-0.2, 0) is 0 Å². The van der Waals surface area contributed by atoms with E-state index in [1.54, 1.807) is 36.4 Å². The van der Waals surface area contributed by atoms with Crippen LogP contribution in [-0.4, -0.2) is 34.0 Å². The fourth-order valence-corrected chi connectivity index (χ4v) is 4.95. The number of carbonyl (C=O) groups excluding carboxylic acids is 1. The number of nitro benzene ring substituents is 1. The van der Waals surface area contributed by atoms with Crippen LogP contribution < -0.4 is 4.90 Å². The van der Waals surface area contributed by atoms with Crippen LogP contribution in [0.25, 0.3) is 0 Å². The van der Waals surface area contributed by atoms with Gasteiger partial charge in [0.25, 0.3) is 5.69 Å². The van der Waals surface area contributed by atoms with Crippen molar-refractivity contribution in [1.82, 2.24) is 10.2 Å². The fraction of sp³-hybridized carbons (Fsp3) is 0.211. The van der Waals surface area contributed by atoms with Gasteiger partial charge in [-0.1, -0.05) is 41.7 Å². The molecule has 3 aromatic rings. The van der Waals surface area contributed by atoms with E-state index in [4.69, 9.17) is 0 Å². The highest BCUT2D eigenvalue weighted by Crippen LogP contribution is 2.39. The first kappa shape index (κ1) is 18.6. The summed E-state index contributed by atoms with van der Waals surface area (Å²) in [4.78, 5) is 26.3. The standard InChI is InChI=1S/C19H16N4O3S2/c24-17(13-6-2-1-3-7-13)14-8-9-16(15(12-14)23(25)26)27-19-21-20-18(28-19)22-10-4-5-11-22/h1-3,6-9,12H,4-5,10-11H2. The summed E-state index contributed by atoms with van der Waals surface area (Å²) in [5.74, 6) is -0.243. The zero-order valence-corrected chi connectivity index (χ0v) is 16.4. The number of hydrogen-bond acceptors (Lipinski definition) is 8. The molecule has 0 amide bonds. The first-order chi connectivity index (χ1) is 13.6. The third-order valence-corrected chi connectivity index (χ3v) is 6.52. The Labute approximate surface area is 169 Å². The largest absolute Gasteiger partial charge is 0.347 e. The third-order valence-electron chi connectivity index (χ3n) is 4.42. The van der Waals surface area contributed by atoms with Crippen molar-refractivity contribution in [3.8, 4) is 0 Å². The normalized spacial score (nSPS) is 13.6. The second kappa shape index (κ2) is 8.07. The Morgan fingerprint density at radius 2 is 1.82 bits per heavy atom. The number of aromatic nitrogens is 2. The van der Waals surface area contributed by atoms with Gasteiger partial charge in [-0.2, -0.15) is 0 Å². The second-order valence-corrected chi connectivity index (χ2v) is 8.53. The van der Waals surface area contributed by atoms with E-state index in [9.17, 15) is 14.9 Å². The molecule has 1 aliphatic heterocycles. The molecule has 0 aliphatic carbocycles. The van der Waals surface area contributed by atoms with Crippen molar-refractivity contribution in [2.75, 3.05) is 18.0 Å². The number of rotatable bonds is 6. The number of carbonyl (C=O) groups is 1. The number of anilines is 1. The lowest BCUT2D eigenvalue weighted by Crippen LogP contribution is -2.17. The van der Waals surface area contributed by atoms with Gasteiger partial charge in [0, 0.05) is 30.3 Å². The first-order valence-electron chi connectivity index (χ1n) is 8.76. The van der Waals surface area contributed by atoms with Gasteiger partial charge in [0.15, 0.2) is 10.1 Å². The van der Waals surface area contributed by atoms with Crippen LogP contribution in [0, 0.1) is 10.1 Å². The lowest BCUT2D eigenvalue weighted by atomic mass is 10.0.